The molecule has 246 valence electrons. The van der Waals surface area contributed by atoms with E-state index in [1.165, 1.54) is 25.0 Å². The summed E-state index contributed by atoms with van der Waals surface area (Å²) in [6.45, 7) is 25.2. The molecule has 2 aliphatic rings. The van der Waals surface area contributed by atoms with Gasteiger partial charge in [0.05, 0.1) is 11.4 Å². The third-order valence-corrected chi connectivity index (χ3v) is 8.90. The molecule has 4 rings (SSSR count). The highest BCUT2D eigenvalue weighted by Gasteiger charge is 2.37. The fraction of sp³-hybridized carbons (Fsp3) is 0.649. The Morgan fingerprint density at radius 3 is 2.23 bits per heavy atom. The lowest BCUT2D eigenvalue weighted by Gasteiger charge is -2.30. The molecular weight excluding hydrogens is 553 g/mol. The normalized spacial score (nSPS) is 18.3. The van der Waals surface area contributed by atoms with Gasteiger partial charge in [-0.05, 0) is 60.9 Å². The average Bonchev–Trinajstić information content (AvgIpc) is 3.32. The summed E-state index contributed by atoms with van der Waals surface area (Å²) in [5.41, 5.74) is 3.42. The Kier molecular flexibility index (Phi) is 13.6. The molecule has 0 radical (unpaired) electrons. The van der Waals surface area contributed by atoms with Gasteiger partial charge in [0.15, 0.2) is 11.9 Å². The topological polar surface area (TPSA) is 80.3 Å². The average molecular weight is 612 g/mol. The maximum atomic E-state index is 13.4. The molecule has 0 spiro atoms. The van der Waals surface area contributed by atoms with Crippen LogP contribution in [0.4, 0.5) is 4.39 Å². The number of unbranched alkanes of at least 4 members (excludes halogenated alkanes) is 1. The Bertz CT molecular complexity index is 1230. The van der Waals surface area contributed by atoms with Crippen LogP contribution in [-0.2, 0) is 21.4 Å². The molecular formula is C37H58FN3O3. The van der Waals surface area contributed by atoms with Gasteiger partial charge in [0.2, 0.25) is 5.91 Å². The summed E-state index contributed by atoms with van der Waals surface area (Å²) in [7, 11) is 0. The summed E-state index contributed by atoms with van der Waals surface area (Å²) >= 11 is 0. The minimum Gasteiger partial charge on any atom is -0.480 e. The van der Waals surface area contributed by atoms with Gasteiger partial charge >= 0.3 is 0 Å². The second-order valence-corrected chi connectivity index (χ2v) is 14.6. The first-order valence-electron chi connectivity index (χ1n) is 16.5. The molecule has 2 N–H and O–H groups in total. The highest BCUT2D eigenvalue weighted by molar-refractivity contribution is 5.85. The zero-order chi connectivity index (χ0) is 33.3. The van der Waals surface area contributed by atoms with Gasteiger partial charge in [0.1, 0.15) is 11.6 Å². The first-order chi connectivity index (χ1) is 20.4. The Morgan fingerprint density at radius 1 is 1.07 bits per heavy atom. The molecule has 0 saturated carbocycles. The van der Waals surface area contributed by atoms with E-state index >= 15 is 0 Å². The lowest BCUT2D eigenvalue weighted by Crippen LogP contribution is -2.39. The van der Waals surface area contributed by atoms with Crippen molar-refractivity contribution in [2.24, 2.45) is 11.3 Å². The third-order valence-electron chi connectivity index (χ3n) is 8.90. The number of nitrogens with zero attached hydrogens (tertiary/aromatic N) is 1. The van der Waals surface area contributed by atoms with E-state index in [1.54, 1.807) is 12.1 Å². The first kappa shape index (κ1) is 37.4. The molecule has 3 heterocycles. The summed E-state index contributed by atoms with van der Waals surface area (Å²) in [6.07, 6.45) is 4.77. The van der Waals surface area contributed by atoms with Crippen molar-refractivity contribution >= 4 is 11.7 Å². The molecule has 1 fully saturated rings. The van der Waals surface area contributed by atoms with Gasteiger partial charge in [-0.1, -0.05) is 81.6 Å². The number of rotatable bonds is 7. The van der Waals surface area contributed by atoms with E-state index < -0.39 is 6.10 Å². The fourth-order valence-electron chi connectivity index (χ4n) is 4.91. The van der Waals surface area contributed by atoms with Gasteiger partial charge in [0.25, 0.3) is 0 Å². The van der Waals surface area contributed by atoms with Crippen LogP contribution in [0.15, 0.2) is 30.3 Å². The first-order valence-corrected chi connectivity index (χ1v) is 16.5. The fourth-order valence-corrected chi connectivity index (χ4v) is 4.91. The zero-order valence-corrected chi connectivity index (χ0v) is 29.2. The maximum absolute atomic E-state index is 13.4. The van der Waals surface area contributed by atoms with Crippen molar-refractivity contribution in [3.63, 3.8) is 0 Å². The van der Waals surface area contributed by atoms with E-state index in [0.29, 0.717) is 19.3 Å². The van der Waals surface area contributed by atoms with Crippen LogP contribution >= 0.6 is 0 Å². The van der Waals surface area contributed by atoms with Gasteiger partial charge in [-0.3, -0.25) is 9.59 Å². The molecule has 0 aliphatic carbocycles. The van der Waals surface area contributed by atoms with Crippen LogP contribution in [0.5, 0.6) is 5.75 Å². The number of halogens is 1. The van der Waals surface area contributed by atoms with Crippen molar-refractivity contribution in [3.8, 4) is 17.0 Å². The molecule has 0 bridgehead atoms. The van der Waals surface area contributed by atoms with Gasteiger partial charge < -0.3 is 15.4 Å². The van der Waals surface area contributed by atoms with Crippen molar-refractivity contribution in [2.75, 3.05) is 13.1 Å². The number of Topliss-reactive ketones (excluding diaryl/α,β-unsaturated/α-hetero) is 1. The molecule has 2 unspecified atom stereocenters. The van der Waals surface area contributed by atoms with Gasteiger partial charge in [-0.2, -0.15) is 0 Å². The Labute approximate surface area is 266 Å². The van der Waals surface area contributed by atoms with E-state index in [-0.39, 0.29) is 39.8 Å². The molecule has 6 nitrogen and oxygen atoms in total. The van der Waals surface area contributed by atoms with E-state index in [4.69, 9.17) is 9.72 Å². The monoisotopic (exact) mass is 611 g/mol. The highest BCUT2D eigenvalue weighted by Crippen LogP contribution is 2.41. The standard InChI is InChI=1S/C26H34FNO2.C7H14N2O.C4H10/c1-8-26(6,7)16(2)13-22(29)23-15-21-24(30-23)19(25(3,4)5)14-20(28-21)17-9-11-18(27)12-10-17;1-7(2)5-6(10)8-3-4-9-7;1-3-4-2/h9-12,14,16,23H,8,13,15H2,1-7H3;9H,3-5H2,1-2H3,(H,8,10);3-4H2,1-2H3. The Morgan fingerprint density at radius 2 is 1.68 bits per heavy atom. The number of pyridine rings is 1. The summed E-state index contributed by atoms with van der Waals surface area (Å²) in [4.78, 5) is 28.8. The molecule has 1 saturated heterocycles. The van der Waals surface area contributed by atoms with Crippen LogP contribution in [0.3, 0.4) is 0 Å². The van der Waals surface area contributed by atoms with E-state index in [2.05, 4.69) is 72.9 Å². The minimum atomic E-state index is -0.479. The van der Waals surface area contributed by atoms with Crippen molar-refractivity contribution in [1.29, 1.82) is 0 Å². The van der Waals surface area contributed by atoms with Crippen LogP contribution < -0.4 is 15.4 Å². The Hall–Kier alpha value is -2.80. The number of aromatic nitrogens is 1. The summed E-state index contributed by atoms with van der Waals surface area (Å²) in [5, 5.41) is 6.07. The lowest BCUT2D eigenvalue weighted by atomic mass is 9.75. The van der Waals surface area contributed by atoms with Crippen LogP contribution in [0.2, 0.25) is 0 Å². The number of fused-ring (bicyclic) bond motifs is 1. The summed E-state index contributed by atoms with van der Waals surface area (Å²) < 4.78 is 19.6. The minimum absolute atomic E-state index is 0.0272. The zero-order valence-electron chi connectivity index (χ0n) is 29.2. The second kappa shape index (κ2) is 16.0. The number of hydrogen-bond donors (Lipinski definition) is 2. The number of benzene rings is 1. The van der Waals surface area contributed by atoms with Crippen LogP contribution in [0.1, 0.15) is 120 Å². The van der Waals surface area contributed by atoms with Crippen molar-refractivity contribution in [2.45, 2.75) is 132 Å². The number of amides is 1. The number of ketones is 1. The highest BCUT2D eigenvalue weighted by atomic mass is 19.1. The molecule has 1 amide bonds. The van der Waals surface area contributed by atoms with E-state index in [9.17, 15) is 14.0 Å². The van der Waals surface area contributed by atoms with Gasteiger partial charge in [-0.25, -0.2) is 9.37 Å². The smallest absolute Gasteiger partial charge is 0.221 e. The SMILES string of the molecule is CC1(C)CC(=O)NCCN1.CCC(C)(C)C(C)CC(=O)C1Cc2nc(-c3ccc(F)cc3)cc(C(C)(C)C)c2O1.CCCC. The van der Waals surface area contributed by atoms with Crippen LogP contribution in [0, 0.1) is 17.2 Å². The predicted octanol–water partition coefficient (Wildman–Crippen LogP) is 8.20. The molecule has 7 heteroatoms. The van der Waals surface area contributed by atoms with E-state index in [1.807, 2.05) is 19.9 Å². The number of nitrogens with one attached hydrogen (secondary N) is 2. The van der Waals surface area contributed by atoms with Crippen molar-refractivity contribution in [1.82, 2.24) is 15.6 Å². The molecule has 1 aromatic heterocycles. The number of carbonyl (C=O) groups is 2. The van der Waals surface area contributed by atoms with E-state index in [0.717, 1.165) is 47.8 Å². The molecule has 44 heavy (non-hydrogen) atoms. The molecule has 2 aliphatic heterocycles. The van der Waals surface area contributed by atoms with Gasteiger partial charge in [0, 0.05) is 49.0 Å². The number of carbonyl (C=O) groups excluding carboxylic acids is 2. The second-order valence-electron chi connectivity index (χ2n) is 14.6. The molecule has 2 atom stereocenters. The number of hydrogen-bond acceptors (Lipinski definition) is 5. The number of ether oxygens (including phenoxy) is 1. The summed E-state index contributed by atoms with van der Waals surface area (Å²) in [5.74, 6) is 1.05. The molecule has 2 aromatic rings. The largest absolute Gasteiger partial charge is 0.480 e. The Balaban J connectivity index is 0.000000398. The van der Waals surface area contributed by atoms with Crippen LogP contribution in [-0.4, -0.2) is 41.4 Å². The quantitative estimate of drug-likeness (QED) is 0.330. The lowest BCUT2D eigenvalue weighted by molar-refractivity contribution is -0.126. The predicted molar refractivity (Wildman–Crippen MR) is 180 cm³/mol. The van der Waals surface area contributed by atoms with Gasteiger partial charge in [-0.15, -0.1) is 0 Å². The van der Waals surface area contributed by atoms with Crippen LogP contribution in [0.25, 0.3) is 11.3 Å². The summed E-state index contributed by atoms with van der Waals surface area (Å²) in [6, 6.07) is 8.38. The van der Waals surface area contributed by atoms with Crippen molar-refractivity contribution < 1.29 is 18.7 Å². The maximum Gasteiger partial charge on any atom is 0.221 e. The molecule has 1 aromatic carbocycles. The van der Waals surface area contributed by atoms with Crippen molar-refractivity contribution in [3.05, 3.63) is 47.4 Å². The third kappa shape index (κ3) is 11.0.